The Balaban J connectivity index is 2.68. The van der Waals surface area contributed by atoms with Crippen molar-refractivity contribution in [3.05, 3.63) is 24.1 Å². The van der Waals surface area contributed by atoms with E-state index in [2.05, 4.69) is 17.6 Å². The maximum absolute atomic E-state index is 10.5. The summed E-state index contributed by atoms with van der Waals surface area (Å²) in [5, 5.41) is 8.58. The van der Waals surface area contributed by atoms with Crippen molar-refractivity contribution in [2.75, 3.05) is 0 Å². The first-order valence-corrected chi connectivity index (χ1v) is 3.94. The fourth-order valence-corrected chi connectivity index (χ4v) is 1.20. The van der Waals surface area contributed by atoms with E-state index in [0.29, 0.717) is 16.0 Å². The molecule has 2 aromatic rings. The van der Waals surface area contributed by atoms with E-state index >= 15 is 0 Å². The molecule has 0 radical (unpaired) electrons. The fourth-order valence-electron chi connectivity index (χ4n) is 1.00. The largest absolute Gasteiger partial charge is 0.474 e. The van der Waals surface area contributed by atoms with E-state index in [1.807, 2.05) is 0 Å². The van der Waals surface area contributed by atoms with Crippen molar-refractivity contribution in [2.45, 2.75) is 4.90 Å². The Morgan fingerprint density at radius 1 is 1.54 bits per heavy atom. The highest BCUT2D eigenvalue weighted by molar-refractivity contribution is 7.80. The molecule has 0 amide bonds. The second-order valence-electron chi connectivity index (χ2n) is 2.48. The minimum atomic E-state index is -1.17. The molecule has 66 valence electrons. The minimum Gasteiger partial charge on any atom is -0.474 e. The van der Waals surface area contributed by atoms with Gasteiger partial charge in [0.25, 0.3) is 0 Å². The first-order valence-electron chi connectivity index (χ1n) is 3.49. The molecule has 4 nitrogen and oxygen atoms in total. The van der Waals surface area contributed by atoms with Crippen LogP contribution < -0.4 is 0 Å². The third-order valence-electron chi connectivity index (χ3n) is 1.55. The van der Waals surface area contributed by atoms with Crippen molar-refractivity contribution in [1.82, 2.24) is 4.98 Å². The molecule has 0 bridgehead atoms. The lowest BCUT2D eigenvalue weighted by Crippen LogP contribution is -1.94. The molecular weight excluding hydrogens is 190 g/mol. The summed E-state index contributed by atoms with van der Waals surface area (Å²) in [7, 11) is 0. The number of thiol groups is 1. The van der Waals surface area contributed by atoms with Gasteiger partial charge in [-0.1, -0.05) is 0 Å². The quantitative estimate of drug-likeness (QED) is 0.681. The fraction of sp³-hybridized carbons (Fsp3) is 0. The number of aromatic carboxylic acids is 1. The number of carboxylic acid groups (broad SMARTS) is 1. The molecule has 0 spiro atoms. The summed E-state index contributed by atoms with van der Waals surface area (Å²) >= 11 is 4.09. The Kier molecular flexibility index (Phi) is 1.73. The van der Waals surface area contributed by atoms with Crippen LogP contribution in [0.25, 0.3) is 11.1 Å². The van der Waals surface area contributed by atoms with Gasteiger partial charge < -0.3 is 9.52 Å². The van der Waals surface area contributed by atoms with Crippen molar-refractivity contribution in [2.24, 2.45) is 0 Å². The van der Waals surface area contributed by atoms with Crippen molar-refractivity contribution in [1.29, 1.82) is 0 Å². The van der Waals surface area contributed by atoms with Crippen LogP contribution in [0.1, 0.15) is 10.7 Å². The molecule has 0 atom stereocenters. The summed E-state index contributed by atoms with van der Waals surface area (Å²) < 4.78 is 4.95. The van der Waals surface area contributed by atoms with Crippen LogP contribution in [0.2, 0.25) is 0 Å². The first kappa shape index (κ1) is 8.12. The zero-order valence-electron chi connectivity index (χ0n) is 6.39. The Bertz CT molecular complexity index is 477. The van der Waals surface area contributed by atoms with Crippen LogP contribution in [-0.2, 0) is 0 Å². The van der Waals surface area contributed by atoms with Crippen LogP contribution in [0, 0.1) is 0 Å². The zero-order valence-corrected chi connectivity index (χ0v) is 7.28. The number of aromatic nitrogens is 1. The van der Waals surface area contributed by atoms with Crippen LogP contribution in [0.3, 0.4) is 0 Å². The molecule has 13 heavy (non-hydrogen) atoms. The van der Waals surface area contributed by atoms with Gasteiger partial charge in [0.05, 0.1) is 0 Å². The van der Waals surface area contributed by atoms with Gasteiger partial charge in [-0.3, -0.25) is 0 Å². The normalized spacial score (nSPS) is 10.5. The monoisotopic (exact) mass is 195 g/mol. The van der Waals surface area contributed by atoms with E-state index in [-0.39, 0.29) is 5.89 Å². The molecule has 0 saturated carbocycles. The van der Waals surface area contributed by atoms with E-state index in [4.69, 9.17) is 9.52 Å². The average Bonchev–Trinajstić information content (AvgIpc) is 2.46. The number of carbonyl (C=O) groups is 1. The second kappa shape index (κ2) is 2.77. The van der Waals surface area contributed by atoms with Gasteiger partial charge in [0.15, 0.2) is 5.58 Å². The summed E-state index contributed by atoms with van der Waals surface area (Å²) in [6.07, 6.45) is 0. The van der Waals surface area contributed by atoms with Gasteiger partial charge >= 0.3 is 11.9 Å². The number of benzene rings is 1. The molecule has 0 unspecified atom stereocenters. The third kappa shape index (κ3) is 1.38. The number of hydrogen-bond acceptors (Lipinski definition) is 4. The van der Waals surface area contributed by atoms with Crippen molar-refractivity contribution < 1.29 is 14.3 Å². The maximum Gasteiger partial charge on any atom is 0.392 e. The SMILES string of the molecule is O=C(O)c1nc2ccc(S)cc2o1. The highest BCUT2D eigenvalue weighted by atomic mass is 32.1. The average molecular weight is 195 g/mol. The minimum absolute atomic E-state index is 0.297. The number of nitrogens with zero attached hydrogens (tertiary/aromatic N) is 1. The van der Waals surface area contributed by atoms with Gasteiger partial charge in [-0.05, 0) is 18.2 Å². The van der Waals surface area contributed by atoms with Gasteiger partial charge in [-0.25, -0.2) is 9.78 Å². The van der Waals surface area contributed by atoms with Crippen molar-refractivity contribution in [3.63, 3.8) is 0 Å². The molecule has 1 aromatic carbocycles. The first-order chi connectivity index (χ1) is 6.16. The lowest BCUT2D eigenvalue weighted by Gasteiger charge is -1.86. The van der Waals surface area contributed by atoms with Crippen molar-refractivity contribution in [3.8, 4) is 0 Å². The molecule has 0 aliphatic heterocycles. The lowest BCUT2D eigenvalue weighted by molar-refractivity contribution is 0.0656. The number of carboxylic acids is 1. The van der Waals surface area contributed by atoms with Crippen LogP contribution in [0.15, 0.2) is 27.5 Å². The Hall–Kier alpha value is -1.49. The summed E-state index contributed by atoms with van der Waals surface area (Å²) in [4.78, 5) is 14.9. The molecular formula is C8H5NO3S. The summed E-state index contributed by atoms with van der Waals surface area (Å²) in [6, 6.07) is 5.01. The third-order valence-corrected chi connectivity index (χ3v) is 1.83. The van der Waals surface area contributed by atoms with E-state index in [0.717, 1.165) is 0 Å². The number of oxazole rings is 1. The van der Waals surface area contributed by atoms with E-state index in [1.165, 1.54) is 0 Å². The molecule has 0 aliphatic rings. The highest BCUT2D eigenvalue weighted by Gasteiger charge is 2.11. The van der Waals surface area contributed by atoms with Crippen molar-refractivity contribution >= 4 is 29.7 Å². The Morgan fingerprint density at radius 3 is 3.00 bits per heavy atom. The molecule has 1 N–H and O–H groups in total. The molecule has 2 rings (SSSR count). The second-order valence-corrected chi connectivity index (χ2v) is 2.99. The highest BCUT2D eigenvalue weighted by Crippen LogP contribution is 2.18. The number of fused-ring (bicyclic) bond motifs is 1. The zero-order chi connectivity index (χ0) is 9.42. The van der Waals surface area contributed by atoms with Gasteiger partial charge in [-0.15, -0.1) is 12.6 Å². The molecule has 5 heteroatoms. The van der Waals surface area contributed by atoms with Crippen LogP contribution in [0.4, 0.5) is 0 Å². The molecule has 0 fully saturated rings. The topological polar surface area (TPSA) is 63.3 Å². The maximum atomic E-state index is 10.5. The van der Waals surface area contributed by atoms with E-state index < -0.39 is 5.97 Å². The van der Waals surface area contributed by atoms with Crippen LogP contribution in [0.5, 0.6) is 0 Å². The predicted molar refractivity (Wildman–Crippen MR) is 48.2 cm³/mol. The van der Waals surface area contributed by atoms with Gasteiger partial charge in [0.2, 0.25) is 0 Å². The molecule has 1 heterocycles. The van der Waals surface area contributed by atoms with Gasteiger partial charge in [0, 0.05) is 4.90 Å². The lowest BCUT2D eigenvalue weighted by atomic mass is 10.3. The van der Waals surface area contributed by atoms with Crippen LogP contribution in [-0.4, -0.2) is 16.1 Å². The van der Waals surface area contributed by atoms with Crippen LogP contribution >= 0.6 is 12.6 Å². The Labute approximate surface area is 78.6 Å². The number of hydrogen-bond donors (Lipinski definition) is 2. The van der Waals surface area contributed by atoms with E-state index in [1.54, 1.807) is 18.2 Å². The van der Waals surface area contributed by atoms with E-state index in [9.17, 15) is 4.79 Å². The summed E-state index contributed by atoms with van der Waals surface area (Å²) in [5.41, 5.74) is 0.958. The molecule has 0 saturated heterocycles. The molecule has 1 aromatic heterocycles. The predicted octanol–water partition coefficient (Wildman–Crippen LogP) is 1.81. The Morgan fingerprint density at radius 2 is 2.31 bits per heavy atom. The summed E-state index contributed by atoms with van der Waals surface area (Å²) in [5.74, 6) is -1.47. The smallest absolute Gasteiger partial charge is 0.392 e. The standard InChI is InChI=1S/C8H5NO3S/c10-8(11)7-9-5-2-1-4(13)3-6(5)12-7/h1-3,13H,(H,10,11). The summed E-state index contributed by atoms with van der Waals surface area (Å²) in [6.45, 7) is 0. The molecule has 0 aliphatic carbocycles. The van der Waals surface area contributed by atoms with Gasteiger partial charge in [-0.2, -0.15) is 0 Å². The van der Waals surface area contributed by atoms with Gasteiger partial charge in [0.1, 0.15) is 5.52 Å². The number of rotatable bonds is 1.